The first kappa shape index (κ1) is 15.8. The summed E-state index contributed by atoms with van der Waals surface area (Å²) in [7, 11) is 0. The van der Waals surface area contributed by atoms with E-state index >= 15 is 0 Å². The van der Waals surface area contributed by atoms with E-state index in [0.717, 1.165) is 0 Å². The summed E-state index contributed by atoms with van der Waals surface area (Å²) in [4.78, 5) is 21.9. The van der Waals surface area contributed by atoms with E-state index in [1.807, 2.05) is 0 Å². The summed E-state index contributed by atoms with van der Waals surface area (Å²) in [5.74, 6) is -1.62. The van der Waals surface area contributed by atoms with Crippen LogP contribution in [0.4, 0.5) is 8.78 Å². The Morgan fingerprint density at radius 3 is 2.53 bits per heavy atom. The molecule has 0 aliphatic rings. The van der Waals surface area contributed by atoms with Crippen LogP contribution in [0.1, 0.15) is 26.2 Å². The molecule has 0 saturated carbocycles. The quantitative estimate of drug-likeness (QED) is 0.602. The van der Waals surface area contributed by atoms with E-state index in [1.54, 1.807) is 6.92 Å². The Morgan fingerprint density at radius 2 is 2.06 bits per heavy atom. The maximum atomic E-state index is 11.7. The fourth-order valence-corrected chi connectivity index (χ4v) is 1.15. The van der Waals surface area contributed by atoms with Crippen molar-refractivity contribution >= 4 is 11.9 Å². The van der Waals surface area contributed by atoms with E-state index in [1.165, 1.54) is 0 Å². The summed E-state index contributed by atoms with van der Waals surface area (Å²) < 4.78 is 27.9. The van der Waals surface area contributed by atoms with Crippen LogP contribution in [0.2, 0.25) is 0 Å². The summed E-state index contributed by atoms with van der Waals surface area (Å²) in [5, 5.41) is 11.1. The highest BCUT2D eigenvalue weighted by molar-refractivity contribution is 5.83. The number of carboxylic acids is 1. The van der Waals surface area contributed by atoms with Crippen LogP contribution in [0.5, 0.6) is 0 Å². The molecule has 0 rings (SSSR count). The standard InChI is InChI=1S/C10H17F2NO4/c1-2-3-7(10(15)16)13-9(14)4-5-17-6-8(11)12/h7-8H,2-6H2,1H3,(H,13,14)(H,15,16)/t7-/m0/s1. The number of aliphatic carboxylic acids is 1. The summed E-state index contributed by atoms with van der Waals surface area (Å²) in [6, 6.07) is -0.928. The van der Waals surface area contributed by atoms with E-state index < -0.39 is 31.0 Å². The fourth-order valence-electron chi connectivity index (χ4n) is 1.15. The molecule has 0 fully saturated rings. The third kappa shape index (κ3) is 8.56. The SMILES string of the molecule is CCC[C@H](NC(=O)CCOCC(F)F)C(=O)O. The van der Waals surface area contributed by atoms with Crippen LogP contribution in [-0.2, 0) is 14.3 Å². The lowest BCUT2D eigenvalue weighted by molar-refractivity contribution is -0.142. The summed E-state index contributed by atoms with van der Waals surface area (Å²) in [6.07, 6.45) is -1.73. The summed E-state index contributed by atoms with van der Waals surface area (Å²) in [5.41, 5.74) is 0. The van der Waals surface area contributed by atoms with Crippen molar-refractivity contribution in [2.45, 2.75) is 38.7 Å². The van der Waals surface area contributed by atoms with E-state index in [0.29, 0.717) is 12.8 Å². The number of alkyl halides is 2. The molecule has 0 aromatic carbocycles. The second kappa shape index (κ2) is 8.86. The molecule has 1 amide bonds. The van der Waals surface area contributed by atoms with Crippen LogP contribution in [0, 0.1) is 0 Å². The third-order valence-electron chi connectivity index (χ3n) is 1.93. The zero-order valence-electron chi connectivity index (χ0n) is 9.62. The third-order valence-corrected chi connectivity index (χ3v) is 1.93. The van der Waals surface area contributed by atoms with Crippen molar-refractivity contribution in [2.75, 3.05) is 13.2 Å². The van der Waals surface area contributed by atoms with E-state index in [-0.39, 0.29) is 13.0 Å². The van der Waals surface area contributed by atoms with Crippen molar-refractivity contribution < 1.29 is 28.2 Å². The van der Waals surface area contributed by atoms with Crippen LogP contribution in [0.15, 0.2) is 0 Å². The second-order valence-electron chi connectivity index (χ2n) is 3.46. The normalized spacial score (nSPS) is 12.5. The van der Waals surface area contributed by atoms with Crippen molar-refractivity contribution in [3.63, 3.8) is 0 Å². The zero-order valence-corrected chi connectivity index (χ0v) is 9.62. The first-order valence-corrected chi connectivity index (χ1v) is 5.35. The summed E-state index contributed by atoms with van der Waals surface area (Å²) >= 11 is 0. The maximum absolute atomic E-state index is 11.7. The Labute approximate surface area is 98.1 Å². The number of ether oxygens (including phenoxy) is 1. The molecular weight excluding hydrogens is 236 g/mol. The van der Waals surface area contributed by atoms with Crippen molar-refractivity contribution in [1.29, 1.82) is 0 Å². The van der Waals surface area contributed by atoms with Gasteiger partial charge in [-0.15, -0.1) is 0 Å². The number of hydrogen-bond acceptors (Lipinski definition) is 3. The van der Waals surface area contributed by atoms with E-state index in [9.17, 15) is 18.4 Å². The topological polar surface area (TPSA) is 75.6 Å². The molecule has 0 aromatic rings. The van der Waals surface area contributed by atoms with Gasteiger partial charge >= 0.3 is 5.97 Å². The number of amides is 1. The van der Waals surface area contributed by atoms with Crippen LogP contribution in [-0.4, -0.2) is 42.7 Å². The number of hydrogen-bond donors (Lipinski definition) is 2. The minimum atomic E-state index is -2.56. The highest BCUT2D eigenvalue weighted by Crippen LogP contribution is 1.98. The Hall–Kier alpha value is -1.24. The lowest BCUT2D eigenvalue weighted by atomic mass is 10.1. The van der Waals surface area contributed by atoms with Gasteiger partial charge in [0.1, 0.15) is 12.6 Å². The van der Waals surface area contributed by atoms with Gasteiger partial charge in [-0.25, -0.2) is 13.6 Å². The van der Waals surface area contributed by atoms with Gasteiger partial charge in [0.05, 0.1) is 6.61 Å². The molecule has 7 heteroatoms. The minimum Gasteiger partial charge on any atom is -0.480 e. The number of carbonyl (C=O) groups excluding carboxylic acids is 1. The predicted octanol–water partition coefficient (Wildman–Crippen LogP) is 1.03. The van der Waals surface area contributed by atoms with E-state index in [2.05, 4.69) is 10.1 Å². The number of carboxylic acid groups (broad SMARTS) is 1. The van der Waals surface area contributed by atoms with Crippen LogP contribution in [0.25, 0.3) is 0 Å². The lowest BCUT2D eigenvalue weighted by Crippen LogP contribution is -2.41. The molecule has 17 heavy (non-hydrogen) atoms. The van der Waals surface area contributed by atoms with Crippen molar-refractivity contribution in [2.24, 2.45) is 0 Å². The Morgan fingerprint density at radius 1 is 1.41 bits per heavy atom. The number of nitrogens with one attached hydrogen (secondary N) is 1. The molecule has 0 aliphatic heterocycles. The highest BCUT2D eigenvalue weighted by atomic mass is 19.3. The number of carbonyl (C=O) groups is 2. The van der Waals surface area contributed by atoms with Crippen molar-refractivity contribution in [1.82, 2.24) is 5.32 Å². The Bertz CT molecular complexity index is 248. The van der Waals surface area contributed by atoms with Crippen LogP contribution >= 0.6 is 0 Å². The molecule has 0 unspecified atom stereocenters. The van der Waals surface area contributed by atoms with Gasteiger partial charge in [0.15, 0.2) is 0 Å². The van der Waals surface area contributed by atoms with Crippen LogP contribution < -0.4 is 5.32 Å². The molecule has 0 radical (unpaired) electrons. The molecule has 5 nitrogen and oxygen atoms in total. The van der Waals surface area contributed by atoms with Gasteiger partial charge in [0.2, 0.25) is 5.91 Å². The first-order chi connectivity index (χ1) is 7.97. The van der Waals surface area contributed by atoms with Gasteiger partial charge in [0.25, 0.3) is 6.43 Å². The molecule has 0 aromatic heterocycles. The summed E-state index contributed by atoms with van der Waals surface area (Å²) in [6.45, 7) is 0.938. The van der Waals surface area contributed by atoms with Gasteiger partial charge < -0.3 is 15.2 Å². The van der Waals surface area contributed by atoms with E-state index in [4.69, 9.17) is 5.11 Å². The molecule has 100 valence electrons. The highest BCUT2D eigenvalue weighted by Gasteiger charge is 2.18. The van der Waals surface area contributed by atoms with Crippen molar-refractivity contribution in [3.8, 4) is 0 Å². The van der Waals surface area contributed by atoms with Gasteiger partial charge in [0, 0.05) is 6.42 Å². The average molecular weight is 253 g/mol. The number of rotatable bonds is 9. The Kier molecular flexibility index (Phi) is 8.21. The zero-order chi connectivity index (χ0) is 13.3. The van der Waals surface area contributed by atoms with Crippen molar-refractivity contribution in [3.05, 3.63) is 0 Å². The fraction of sp³-hybridized carbons (Fsp3) is 0.800. The molecule has 2 N–H and O–H groups in total. The molecule has 0 heterocycles. The second-order valence-corrected chi connectivity index (χ2v) is 3.46. The monoisotopic (exact) mass is 253 g/mol. The molecule has 0 bridgehead atoms. The molecule has 0 spiro atoms. The molecule has 0 aliphatic carbocycles. The maximum Gasteiger partial charge on any atom is 0.326 e. The first-order valence-electron chi connectivity index (χ1n) is 5.35. The molecular formula is C10H17F2NO4. The van der Waals surface area contributed by atoms with Gasteiger partial charge in [-0.05, 0) is 6.42 Å². The van der Waals surface area contributed by atoms with Gasteiger partial charge in [-0.3, -0.25) is 4.79 Å². The van der Waals surface area contributed by atoms with Crippen LogP contribution in [0.3, 0.4) is 0 Å². The predicted molar refractivity (Wildman–Crippen MR) is 55.9 cm³/mol. The number of halogens is 2. The Balaban J connectivity index is 3.78. The smallest absolute Gasteiger partial charge is 0.326 e. The van der Waals surface area contributed by atoms with Gasteiger partial charge in [-0.1, -0.05) is 13.3 Å². The molecule has 0 saturated heterocycles. The van der Waals surface area contributed by atoms with Gasteiger partial charge in [-0.2, -0.15) is 0 Å². The largest absolute Gasteiger partial charge is 0.480 e. The average Bonchev–Trinajstić information content (AvgIpc) is 2.23. The lowest BCUT2D eigenvalue weighted by Gasteiger charge is -2.13. The minimum absolute atomic E-state index is 0.125. The molecule has 1 atom stereocenters.